The van der Waals surface area contributed by atoms with Crippen molar-refractivity contribution < 1.29 is 46.9 Å². The number of nitrogens with zero attached hydrogens (tertiary/aromatic N) is 3. The first-order valence-corrected chi connectivity index (χ1v) is 10.8. The van der Waals surface area contributed by atoms with Crippen LogP contribution in [0.5, 0.6) is 0 Å². The molecule has 8 nitrogen and oxygen atoms in total. The Morgan fingerprint density at radius 3 is 0.710 bits per heavy atom. The van der Waals surface area contributed by atoms with Gasteiger partial charge in [-0.25, -0.2) is 9.59 Å². The quantitative estimate of drug-likeness (QED) is 0.210. The van der Waals surface area contributed by atoms with E-state index >= 15 is 0 Å². The number of carbonyl (C=O) groups excluding carboxylic acids is 2. The number of quaternary nitrogens is 3. The third kappa shape index (κ3) is 23.5. The van der Waals surface area contributed by atoms with Gasteiger partial charge in [-0.2, -0.15) is 8.78 Å². The summed E-state index contributed by atoms with van der Waals surface area (Å²) in [5.41, 5.74) is 0. The Kier molecular flexibility index (Phi) is 16.4. The maximum Gasteiger partial charge on any atom is 0.401 e. The summed E-state index contributed by atoms with van der Waals surface area (Å²) in [4.78, 5) is 17.5. The molecule has 0 aromatic heterocycles. The molecule has 0 spiro atoms. The van der Waals surface area contributed by atoms with E-state index in [1.54, 1.807) is 0 Å². The van der Waals surface area contributed by atoms with Crippen LogP contribution in [0.1, 0.15) is 38.5 Å². The topological polar surface area (TPSA) is 103 Å². The normalized spacial score (nSPS) is 21.5. The second-order valence-electron chi connectivity index (χ2n) is 10.1. The van der Waals surface area contributed by atoms with E-state index in [0.29, 0.717) is 0 Å². The average molecular weight is 453 g/mol. The molecule has 3 fully saturated rings. The minimum Gasteiger partial charge on any atom is -0.907 e. The summed E-state index contributed by atoms with van der Waals surface area (Å²) in [6.07, 6.45) is 8.62. The zero-order chi connectivity index (χ0) is 24.7. The Hall–Kier alpha value is -0.975. The first-order valence-electron chi connectivity index (χ1n) is 10.8. The zero-order valence-corrected chi connectivity index (χ0v) is 20.2. The number of likely N-dealkylation sites (tertiary alicyclic amines) is 3. The van der Waals surface area contributed by atoms with Crippen molar-refractivity contribution in [1.82, 2.24) is 0 Å². The van der Waals surface area contributed by atoms with Crippen LogP contribution in [0.2, 0.25) is 0 Å². The summed E-state index contributed by atoms with van der Waals surface area (Å²) < 4.78 is 24.7. The van der Waals surface area contributed by atoms with Gasteiger partial charge in [-0.3, -0.25) is 7.32 Å². The van der Waals surface area contributed by atoms with Crippen LogP contribution in [-0.2, 0) is 9.59 Å². The highest BCUT2D eigenvalue weighted by molar-refractivity contribution is 6.28. The van der Waals surface area contributed by atoms with Crippen LogP contribution in [0, 0.1) is 0 Å². The third-order valence-corrected chi connectivity index (χ3v) is 5.49. The highest BCUT2D eigenvalue weighted by Crippen LogP contribution is 2.12. The lowest BCUT2D eigenvalue weighted by Gasteiger charge is -2.35. The summed E-state index contributed by atoms with van der Waals surface area (Å²) in [5, 5.41) is 25.2. The van der Waals surface area contributed by atoms with Crippen molar-refractivity contribution in [1.29, 1.82) is 0 Å². The van der Waals surface area contributed by atoms with E-state index in [9.17, 15) is 8.78 Å². The average Bonchev–Trinajstić information content (AvgIpc) is 3.30. The van der Waals surface area contributed by atoms with Crippen LogP contribution in [-0.4, -0.2) is 114 Å². The molecule has 184 valence electrons. The van der Waals surface area contributed by atoms with Crippen LogP contribution in [0.15, 0.2) is 0 Å². The van der Waals surface area contributed by atoms with Gasteiger partial charge < -0.3 is 28.5 Å². The van der Waals surface area contributed by atoms with Gasteiger partial charge in [0.25, 0.3) is 0 Å². The Bertz CT molecular complexity index is 435. The molecule has 0 amide bonds. The van der Waals surface area contributed by atoms with E-state index < -0.39 is 19.4 Å². The Morgan fingerprint density at radius 2 is 0.677 bits per heavy atom. The van der Waals surface area contributed by atoms with Gasteiger partial charge in [0.15, 0.2) is 0 Å². The maximum atomic E-state index is 10.5. The molecule has 31 heavy (non-hydrogen) atoms. The van der Waals surface area contributed by atoms with E-state index in [2.05, 4.69) is 42.3 Å². The summed E-state index contributed by atoms with van der Waals surface area (Å²) >= 11 is 0. The van der Waals surface area contributed by atoms with E-state index in [4.69, 9.17) is 24.7 Å². The number of carbonyl (C=O) groups is 2. The second-order valence-corrected chi connectivity index (χ2v) is 10.1. The predicted molar refractivity (Wildman–Crippen MR) is 111 cm³/mol. The number of rotatable bonds is 1. The Balaban J connectivity index is 0. The van der Waals surface area contributed by atoms with Crippen molar-refractivity contribution >= 4 is 19.4 Å². The molecule has 0 unspecified atom stereocenters. The van der Waals surface area contributed by atoms with Crippen molar-refractivity contribution in [3.8, 4) is 0 Å². The van der Waals surface area contributed by atoms with Gasteiger partial charge in [0.05, 0.1) is 81.6 Å². The lowest BCUT2D eigenvalue weighted by molar-refractivity contribution is -0.877. The fraction of sp³-hybridized carbons (Fsp3) is 0.900. The molecule has 0 saturated carbocycles. The minimum absolute atomic E-state index is 1.25. The van der Waals surface area contributed by atoms with Crippen LogP contribution in [0.25, 0.3) is 0 Å². The van der Waals surface area contributed by atoms with Gasteiger partial charge in [0, 0.05) is 38.5 Å². The molecule has 0 aromatic carbocycles. The molecule has 0 N–H and O–H groups in total. The SMILES string of the molecule is C[N+]1(C)CCCC1.C[N+]1(C)CCCC1.C[N+]1(C)CCCC1.O=C(F)C(=O)F.[O-]B([O-])[O-]. The monoisotopic (exact) mass is 453 g/mol. The van der Waals surface area contributed by atoms with Crippen molar-refractivity contribution in [2.75, 3.05) is 81.6 Å². The molecule has 3 heterocycles. The van der Waals surface area contributed by atoms with Gasteiger partial charge in [-0.1, -0.05) is 0 Å². The van der Waals surface area contributed by atoms with Crippen LogP contribution >= 0.6 is 0 Å². The van der Waals surface area contributed by atoms with E-state index in [-0.39, 0.29) is 0 Å². The molecule has 3 aliphatic rings. The third-order valence-electron chi connectivity index (χ3n) is 5.49. The van der Waals surface area contributed by atoms with Crippen molar-refractivity contribution in [3.05, 3.63) is 0 Å². The van der Waals surface area contributed by atoms with Gasteiger partial charge in [0.2, 0.25) is 0 Å². The van der Waals surface area contributed by atoms with Crippen LogP contribution in [0.3, 0.4) is 0 Å². The molecule has 11 heteroatoms. The van der Waals surface area contributed by atoms with Crippen molar-refractivity contribution in [2.45, 2.75) is 38.5 Å². The smallest absolute Gasteiger partial charge is 0.401 e. The van der Waals surface area contributed by atoms with Gasteiger partial charge in [0.1, 0.15) is 0 Å². The summed E-state index contributed by atoms with van der Waals surface area (Å²) in [6.45, 7) is 8.33. The zero-order valence-electron chi connectivity index (χ0n) is 20.2. The Morgan fingerprint density at radius 1 is 0.548 bits per heavy atom. The number of halogens is 2. The lowest BCUT2D eigenvalue weighted by Crippen LogP contribution is -2.56. The molecule has 3 rings (SSSR count). The molecular formula is C20H42BF2N3O5. The number of hydrogen-bond acceptors (Lipinski definition) is 5. The molecule has 0 radical (unpaired) electrons. The maximum absolute atomic E-state index is 10.5. The minimum atomic E-state index is -2.92. The molecule has 0 aliphatic carbocycles. The van der Waals surface area contributed by atoms with Gasteiger partial charge >= 0.3 is 12.1 Å². The van der Waals surface area contributed by atoms with Gasteiger partial charge in [-0.15, -0.1) is 0 Å². The summed E-state index contributed by atoms with van der Waals surface area (Å²) in [6, 6.07) is -5.09. The van der Waals surface area contributed by atoms with Crippen LogP contribution in [0.4, 0.5) is 8.78 Å². The first kappa shape index (κ1) is 32.2. The fourth-order valence-corrected chi connectivity index (χ4v) is 3.57. The molecule has 0 aromatic rings. The Labute approximate surface area is 187 Å². The predicted octanol–water partition coefficient (Wildman–Crippen LogP) is -1.40. The van der Waals surface area contributed by atoms with E-state index in [0.717, 1.165) is 0 Å². The molecule has 0 bridgehead atoms. The van der Waals surface area contributed by atoms with E-state index in [1.807, 2.05) is 0 Å². The standard InChI is InChI=1S/3C6H14N.C2F2O2.BO3/c3*1-7(2)5-3-4-6-7;3-1(5)2(4)6;2-1(3)4/h3*3-6H2,1-2H3;;/q3*+1;;-3. The first-order chi connectivity index (χ1) is 14.0. The highest BCUT2D eigenvalue weighted by atomic mass is 19.2. The molecule has 3 saturated heterocycles. The summed E-state index contributed by atoms with van der Waals surface area (Å²) in [7, 11) is 10.9. The lowest BCUT2D eigenvalue weighted by atomic mass is 10.3. The number of hydrogen-bond donors (Lipinski definition) is 0. The molecule has 0 atom stereocenters. The largest absolute Gasteiger partial charge is 0.907 e. The van der Waals surface area contributed by atoms with E-state index in [1.165, 1.54) is 91.2 Å². The molecule has 3 aliphatic heterocycles. The van der Waals surface area contributed by atoms with Crippen molar-refractivity contribution in [2.24, 2.45) is 0 Å². The van der Waals surface area contributed by atoms with Crippen LogP contribution < -0.4 is 15.1 Å². The second kappa shape index (κ2) is 15.8. The van der Waals surface area contributed by atoms with Gasteiger partial charge in [-0.05, 0) is 0 Å². The molecular weight excluding hydrogens is 411 g/mol. The highest BCUT2D eigenvalue weighted by Gasteiger charge is 2.21. The van der Waals surface area contributed by atoms with Crippen molar-refractivity contribution in [3.63, 3.8) is 0 Å². The fourth-order valence-electron chi connectivity index (χ4n) is 3.57. The summed E-state index contributed by atoms with van der Waals surface area (Å²) in [5.74, 6) is 0.